The van der Waals surface area contributed by atoms with Gasteiger partial charge in [-0.2, -0.15) is 0 Å². The van der Waals surface area contributed by atoms with E-state index in [9.17, 15) is 9.90 Å². The summed E-state index contributed by atoms with van der Waals surface area (Å²) >= 11 is 0. The molecule has 5 heteroatoms. The summed E-state index contributed by atoms with van der Waals surface area (Å²) in [5, 5.41) is 12.0. The van der Waals surface area contributed by atoms with Crippen molar-refractivity contribution in [2.24, 2.45) is 0 Å². The van der Waals surface area contributed by atoms with Crippen LogP contribution in [0, 0.1) is 6.92 Å². The molecule has 0 spiro atoms. The smallest absolute Gasteiger partial charge is 0.248 e. The molecular weight excluding hydrogens is 244 g/mol. The second-order valence-corrected chi connectivity index (χ2v) is 5.13. The Bertz CT molecular complexity index is 422. The summed E-state index contributed by atoms with van der Waals surface area (Å²) in [5.41, 5.74) is 0. The maximum absolute atomic E-state index is 11.5. The third-order valence-electron chi connectivity index (χ3n) is 3.52. The van der Waals surface area contributed by atoms with E-state index >= 15 is 0 Å². The van der Waals surface area contributed by atoms with E-state index in [4.69, 9.17) is 4.42 Å². The monoisotopic (exact) mass is 266 g/mol. The van der Waals surface area contributed by atoms with Crippen molar-refractivity contribution >= 4 is 5.91 Å². The van der Waals surface area contributed by atoms with Crippen LogP contribution in [-0.4, -0.2) is 41.7 Å². The highest BCUT2D eigenvalue weighted by molar-refractivity contribution is 5.79. The van der Waals surface area contributed by atoms with Crippen LogP contribution >= 0.6 is 0 Å². The van der Waals surface area contributed by atoms with Crippen LogP contribution in [0.4, 0.5) is 0 Å². The summed E-state index contributed by atoms with van der Waals surface area (Å²) in [6, 6.07) is 3.96. The van der Waals surface area contributed by atoms with Crippen molar-refractivity contribution in [1.82, 2.24) is 10.2 Å². The predicted octanol–water partition coefficient (Wildman–Crippen LogP) is 1.22. The van der Waals surface area contributed by atoms with E-state index in [0.717, 1.165) is 24.6 Å². The summed E-state index contributed by atoms with van der Waals surface area (Å²) in [6.45, 7) is 5.90. The molecule has 0 bridgehead atoms. The zero-order chi connectivity index (χ0) is 13.8. The molecule has 5 nitrogen and oxygen atoms in total. The van der Waals surface area contributed by atoms with Gasteiger partial charge in [0.15, 0.2) is 0 Å². The lowest BCUT2D eigenvalue weighted by Gasteiger charge is -2.26. The summed E-state index contributed by atoms with van der Waals surface area (Å²) in [4.78, 5) is 13.8. The normalized spacial score (nSPS) is 19.3. The fourth-order valence-corrected chi connectivity index (χ4v) is 2.44. The third kappa shape index (κ3) is 3.58. The number of aliphatic hydroxyl groups excluding tert-OH is 1. The number of carbonyl (C=O) groups is 1. The minimum atomic E-state index is -0.974. The SMILES string of the molecule is Cc1ccc(C(CNC(=O)C(C)O)N2CCCC2)o1. The molecule has 1 aliphatic rings. The van der Waals surface area contributed by atoms with Crippen molar-refractivity contribution in [3.63, 3.8) is 0 Å². The zero-order valence-electron chi connectivity index (χ0n) is 11.6. The van der Waals surface area contributed by atoms with Gasteiger partial charge in [-0.25, -0.2) is 0 Å². The number of hydrogen-bond donors (Lipinski definition) is 2. The van der Waals surface area contributed by atoms with Crippen LogP contribution in [0.5, 0.6) is 0 Å². The van der Waals surface area contributed by atoms with E-state index in [1.54, 1.807) is 0 Å². The van der Waals surface area contributed by atoms with Gasteiger partial charge in [-0.05, 0) is 51.9 Å². The first kappa shape index (κ1) is 14.1. The van der Waals surface area contributed by atoms with Crippen LogP contribution in [0.1, 0.15) is 37.3 Å². The Morgan fingerprint density at radius 3 is 2.68 bits per heavy atom. The zero-order valence-corrected chi connectivity index (χ0v) is 11.6. The number of nitrogens with one attached hydrogen (secondary N) is 1. The Kier molecular flexibility index (Phi) is 4.61. The number of nitrogens with zero attached hydrogens (tertiary/aromatic N) is 1. The molecule has 19 heavy (non-hydrogen) atoms. The van der Waals surface area contributed by atoms with Gasteiger partial charge in [0.2, 0.25) is 5.91 Å². The molecule has 2 heterocycles. The van der Waals surface area contributed by atoms with Crippen molar-refractivity contribution in [1.29, 1.82) is 0 Å². The number of carbonyl (C=O) groups excluding carboxylic acids is 1. The molecule has 2 atom stereocenters. The highest BCUT2D eigenvalue weighted by Gasteiger charge is 2.26. The van der Waals surface area contributed by atoms with Crippen molar-refractivity contribution in [2.45, 2.75) is 38.8 Å². The molecular formula is C14H22N2O3. The highest BCUT2D eigenvalue weighted by Crippen LogP contribution is 2.26. The van der Waals surface area contributed by atoms with E-state index in [0.29, 0.717) is 6.54 Å². The van der Waals surface area contributed by atoms with Crippen LogP contribution in [0.2, 0.25) is 0 Å². The molecule has 0 radical (unpaired) electrons. The van der Waals surface area contributed by atoms with Gasteiger partial charge in [-0.15, -0.1) is 0 Å². The number of aliphatic hydroxyl groups is 1. The summed E-state index contributed by atoms with van der Waals surface area (Å²) in [6.07, 6.45) is 1.39. The minimum Gasteiger partial charge on any atom is -0.465 e. The number of furan rings is 1. The third-order valence-corrected chi connectivity index (χ3v) is 3.52. The van der Waals surface area contributed by atoms with Crippen molar-refractivity contribution < 1.29 is 14.3 Å². The van der Waals surface area contributed by atoms with Crippen LogP contribution in [0.3, 0.4) is 0 Å². The minimum absolute atomic E-state index is 0.0545. The Morgan fingerprint density at radius 1 is 1.47 bits per heavy atom. The van der Waals surface area contributed by atoms with E-state index in [1.165, 1.54) is 19.8 Å². The second-order valence-electron chi connectivity index (χ2n) is 5.13. The molecule has 1 amide bonds. The predicted molar refractivity (Wildman–Crippen MR) is 71.7 cm³/mol. The average Bonchev–Trinajstić information content (AvgIpc) is 3.01. The number of amides is 1. The maximum atomic E-state index is 11.5. The second kappa shape index (κ2) is 6.21. The van der Waals surface area contributed by atoms with Crippen molar-refractivity contribution in [3.05, 3.63) is 23.7 Å². The standard InChI is InChI=1S/C14H22N2O3/c1-10-5-6-13(19-10)12(16-7-3-4-8-16)9-15-14(18)11(2)17/h5-6,11-12,17H,3-4,7-9H2,1-2H3,(H,15,18). The fraction of sp³-hybridized carbons (Fsp3) is 0.643. The molecule has 1 aromatic heterocycles. The molecule has 2 rings (SSSR count). The number of aryl methyl sites for hydroxylation is 1. The fourth-order valence-electron chi connectivity index (χ4n) is 2.44. The molecule has 2 N–H and O–H groups in total. The van der Waals surface area contributed by atoms with Crippen LogP contribution in [-0.2, 0) is 4.79 Å². The van der Waals surface area contributed by atoms with Gasteiger partial charge in [0.1, 0.15) is 17.6 Å². The Labute approximate surface area is 113 Å². The van der Waals surface area contributed by atoms with Crippen LogP contribution < -0.4 is 5.32 Å². The Balaban J connectivity index is 2.04. The van der Waals surface area contributed by atoms with Crippen LogP contribution in [0.25, 0.3) is 0 Å². The topological polar surface area (TPSA) is 65.7 Å². The first-order valence-corrected chi connectivity index (χ1v) is 6.84. The summed E-state index contributed by atoms with van der Waals surface area (Å²) in [5.74, 6) is 1.42. The highest BCUT2D eigenvalue weighted by atomic mass is 16.3. The Hall–Kier alpha value is -1.33. The average molecular weight is 266 g/mol. The van der Waals surface area contributed by atoms with Gasteiger partial charge in [0.25, 0.3) is 0 Å². The van der Waals surface area contributed by atoms with Crippen molar-refractivity contribution in [3.8, 4) is 0 Å². The first-order valence-electron chi connectivity index (χ1n) is 6.84. The van der Waals surface area contributed by atoms with E-state index in [-0.39, 0.29) is 11.9 Å². The van der Waals surface area contributed by atoms with Gasteiger partial charge < -0.3 is 14.8 Å². The quantitative estimate of drug-likeness (QED) is 0.841. The van der Waals surface area contributed by atoms with E-state index in [1.807, 2.05) is 19.1 Å². The molecule has 0 aliphatic carbocycles. The number of hydrogen-bond acceptors (Lipinski definition) is 4. The van der Waals surface area contributed by atoms with E-state index in [2.05, 4.69) is 10.2 Å². The van der Waals surface area contributed by atoms with Gasteiger partial charge in [0, 0.05) is 6.54 Å². The van der Waals surface area contributed by atoms with E-state index < -0.39 is 6.10 Å². The Morgan fingerprint density at radius 2 is 2.16 bits per heavy atom. The lowest BCUT2D eigenvalue weighted by molar-refractivity contribution is -0.128. The number of rotatable bonds is 5. The van der Waals surface area contributed by atoms with Gasteiger partial charge in [-0.3, -0.25) is 9.69 Å². The molecule has 1 aromatic rings. The maximum Gasteiger partial charge on any atom is 0.248 e. The molecule has 106 valence electrons. The molecule has 1 saturated heterocycles. The largest absolute Gasteiger partial charge is 0.465 e. The van der Waals surface area contributed by atoms with Gasteiger partial charge in [-0.1, -0.05) is 0 Å². The lowest BCUT2D eigenvalue weighted by atomic mass is 10.2. The van der Waals surface area contributed by atoms with Gasteiger partial charge >= 0.3 is 0 Å². The first-order chi connectivity index (χ1) is 9.08. The number of likely N-dealkylation sites (tertiary alicyclic amines) is 1. The van der Waals surface area contributed by atoms with Gasteiger partial charge in [0.05, 0.1) is 6.04 Å². The summed E-state index contributed by atoms with van der Waals surface area (Å²) in [7, 11) is 0. The van der Waals surface area contributed by atoms with Crippen LogP contribution in [0.15, 0.2) is 16.5 Å². The summed E-state index contributed by atoms with van der Waals surface area (Å²) < 4.78 is 5.70. The van der Waals surface area contributed by atoms with Crippen molar-refractivity contribution in [2.75, 3.05) is 19.6 Å². The molecule has 2 unspecified atom stereocenters. The molecule has 1 fully saturated rings. The lowest BCUT2D eigenvalue weighted by Crippen LogP contribution is -2.40. The molecule has 0 saturated carbocycles. The molecule has 0 aromatic carbocycles. The molecule has 1 aliphatic heterocycles.